The molecule has 0 aromatic heterocycles. The van der Waals surface area contributed by atoms with Crippen LogP contribution in [0.25, 0.3) is 0 Å². The SMILES string of the molecule is CC1SCCN(S(=O)(=O)c2ccccc2C#N)C1C. The zero-order chi connectivity index (χ0) is 14.0. The van der Waals surface area contributed by atoms with Crippen molar-refractivity contribution in [1.29, 1.82) is 5.26 Å². The third-order valence-electron chi connectivity index (χ3n) is 3.42. The van der Waals surface area contributed by atoms with Gasteiger partial charge in [0.2, 0.25) is 10.0 Å². The standard InChI is InChI=1S/C13H16N2O2S2/c1-10-11(2)18-8-7-15(10)19(16,17)13-6-4-3-5-12(13)9-14/h3-6,10-11H,7-8H2,1-2H3. The Bertz CT molecular complexity index is 607. The van der Waals surface area contributed by atoms with E-state index in [1.54, 1.807) is 30.0 Å². The van der Waals surface area contributed by atoms with Crippen molar-refractivity contribution in [2.75, 3.05) is 12.3 Å². The molecule has 0 spiro atoms. The van der Waals surface area contributed by atoms with E-state index in [9.17, 15) is 8.42 Å². The van der Waals surface area contributed by atoms with Crippen molar-refractivity contribution < 1.29 is 8.42 Å². The Hall–Kier alpha value is -1.03. The van der Waals surface area contributed by atoms with E-state index in [1.807, 2.05) is 19.9 Å². The number of sulfonamides is 1. The van der Waals surface area contributed by atoms with Crippen LogP contribution in [0.5, 0.6) is 0 Å². The van der Waals surface area contributed by atoms with Crippen LogP contribution in [0.3, 0.4) is 0 Å². The summed E-state index contributed by atoms with van der Waals surface area (Å²) in [6, 6.07) is 8.27. The van der Waals surface area contributed by atoms with Gasteiger partial charge in [0, 0.05) is 23.6 Å². The predicted molar refractivity (Wildman–Crippen MR) is 76.4 cm³/mol. The smallest absolute Gasteiger partial charge is 0.207 e. The minimum absolute atomic E-state index is 0.0597. The van der Waals surface area contributed by atoms with Crippen molar-refractivity contribution in [3.8, 4) is 6.07 Å². The molecule has 1 aromatic carbocycles. The summed E-state index contributed by atoms with van der Waals surface area (Å²) in [6.45, 7) is 4.45. The molecule has 4 nitrogen and oxygen atoms in total. The van der Waals surface area contributed by atoms with Gasteiger partial charge in [0.15, 0.2) is 0 Å². The van der Waals surface area contributed by atoms with Gasteiger partial charge in [-0.15, -0.1) is 0 Å². The Morgan fingerprint density at radius 2 is 2.05 bits per heavy atom. The van der Waals surface area contributed by atoms with Crippen LogP contribution in [-0.2, 0) is 10.0 Å². The summed E-state index contributed by atoms with van der Waals surface area (Å²) in [5.74, 6) is 0.791. The second-order valence-corrected chi connectivity index (χ2v) is 7.88. The van der Waals surface area contributed by atoms with Crippen molar-refractivity contribution in [1.82, 2.24) is 4.31 Å². The fraction of sp³-hybridized carbons (Fsp3) is 0.462. The number of thioether (sulfide) groups is 1. The highest BCUT2D eigenvalue weighted by Gasteiger charge is 2.35. The van der Waals surface area contributed by atoms with Gasteiger partial charge in [0.1, 0.15) is 6.07 Å². The van der Waals surface area contributed by atoms with E-state index in [4.69, 9.17) is 5.26 Å². The molecule has 1 heterocycles. The van der Waals surface area contributed by atoms with E-state index in [1.165, 1.54) is 10.4 Å². The molecule has 2 rings (SSSR count). The van der Waals surface area contributed by atoms with E-state index in [0.717, 1.165) is 5.75 Å². The zero-order valence-corrected chi connectivity index (χ0v) is 12.5. The molecule has 1 aliphatic heterocycles. The minimum Gasteiger partial charge on any atom is -0.207 e. The van der Waals surface area contributed by atoms with Gasteiger partial charge in [-0.3, -0.25) is 0 Å². The summed E-state index contributed by atoms with van der Waals surface area (Å²) in [6.07, 6.45) is 0. The molecule has 6 heteroatoms. The minimum atomic E-state index is -3.59. The van der Waals surface area contributed by atoms with Crippen molar-refractivity contribution >= 4 is 21.8 Å². The molecule has 0 radical (unpaired) electrons. The van der Waals surface area contributed by atoms with Crippen LogP contribution < -0.4 is 0 Å². The molecular weight excluding hydrogens is 280 g/mol. The van der Waals surface area contributed by atoms with Crippen molar-refractivity contribution in [2.24, 2.45) is 0 Å². The number of benzene rings is 1. The van der Waals surface area contributed by atoms with Crippen LogP contribution in [0.2, 0.25) is 0 Å². The summed E-state index contributed by atoms with van der Waals surface area (Å²) in [5, 5.41) is 9.32. The highest BCUT2D eigenvalue weighted by molar-refractivity contribution is 8.00. The molecule has 0 aliphatic carbocycles. The lowest BCUT2D eigenvalue weighted by Crippen LogP contribution is -2.47. The number of nitriles is 1. The summed E-state index contributed by atoms with van der Waals surface area (Å²) in [7, 11) is -3.59. The van der Waals surface area contributed by atoms with Gasteiger partial charge in [0.05, 0.1) is 10.5 Å². The molecular formula is C13H16N2O2S2. The average molecular weight is 296 g/mol. The molecule has 19 heavy (non-hydrogen) atoms. The molecule has 1 aromatic rings. The van der Waals surface area contributed by atoms with Crippen molar-refractivity contribution in [3.63, 3.8) is 0 Å². The van der Waals surface area contributed by atoms with Crippen molar-refractivity contribution in [2.45, 2.75) is 30.0 Å². The van der Waals surface area contributed by atoms with Crippen LogP contribution in [0.1, 0.15) is 19.4 Å². The number of hydrogen-bond acceptors (Lipinski definition) is 4. The molecule has 0 bridgehead atoms. The van der Waals surface area contributed by atoms with E-state index in [0.29, 0.717) is 6.54 Å². The maximum absolute atomic E-state index is 12.7. The lowest BCUT2D eigenvalue weighted by molar-refractivity contribution is 0.340. The third kappa shape index (κ3) is 2.64. The van der Waals surface area contributed by atoms with E-state index >= 15 is 0 Å². The monoisotopic (exact) mass is 296 g/mol. The van der Waals surface area contributed by atoms with E-state index in [-0.39, 0.29) is 21.8 Å². The Morgan fingerprint density at radius 1 is 1.37 bits per heavy atom. The van der Waals surface area contributed by atoms with Gasteiger partial charge in [-0.05, 0) is 19.1 Å². The van der Waals surface area contributed by atoms with Crippen LogP contribution in [0.15, 0.2) is 29.2 Å². The fourth-order valence-corrected chi connectivity index (χ4v) is 5.29. The third-order valence-corrected chi connectivity index (χ3v) is 6.80. The molecule has 0 saturated carbocycles. The molecule has 0 amide bonds. The summed E-state index contributed by atoms with van der Waals surface area (Å²) >= 11 is 1.78. The largest absolute Gasteiger partial charge is 0.244 e. The second kappa shape index (κ2) is 5.53. The van der Waals surface area contributed by atoms with Gasteiger partial charge < -0.3 is 0 Å². The topological polar surface area (TPSA) is 61.2 Å². The van der Waals surface area contributed by atoms with Gasteiger partial charge in [0.25, 0.3) is 0 Å². The maximum atomic E-state index is 12.7. The molecule has 0 N–H and O–H groups in total. The normalized spacial score (nSPS) is 24.9. The number of nitrogens with zero attached hydrogens (tertiary/aromatic N) is 2. The maximum Gasteiger partial charge on any atom is 0.244 e. The first kappa shape index (κ1) is 14.4. The Morgan fingerprint density at radius 3 is 2.74 bits per heavy atom. The molecule has 102 valence electrons. The predicted octanol–water partition coefficient (Wildman–Crippen LogP) is 2.07. The summed E-state index contributed by atoms with van der Waals surface area (Å²) < 4.78 is 26.9. The fourth-order valence-electron chi connectivity index (χ4n) is 2.15. The lowest BCUT2D eigenvalue weighted by atomic mass is 10.2. The van der Waals surface area contributed by atoms with Crippen LogP contribution in [0.4, 0.5) is 0 Å². The molecule has 1 saturated heterocycles. The Kier molecular flexibility index (Phi) is 4.19. The number of rotatable bonds is 2. The Balaban J connectivity index is 2.45. The zero-order valence-electron chi connectivity index (χ0n) is 10.9. The molecule has 1 fully saturated rings. The van der Waals surface area contributed by atoms with Crippen LogP contribution >= 0.6 is 11.8 Å². The first-order chi connectivity index (χ1) is 8.98. The number of hydrogen-bond donors (Lipinski definition) is 0. The lowest BCUT2D eigenvalue weighted by Gasteiger charge is -2.36. The van der Waals surface area contributed by atoms with Gasteiger partial charge in [-0.1, -0.05) is 19.1 Å². The second-order valence-electron chi connectivity index (χ2n) is 4.54. The highest BCUT2D eigenvalue weighted by atomic mass is 32.2. The molecule has 1 aliphatic rings. The van der Waals surface area contributed by atoms with E-state index < -0.39 is 10.0 Å². The van der Waals surface area contributed by atoms with Crippen LogP contribution in [0, 0.1) is 11.3 Å². The van der Waals surface area contributed by atoms with Crippen molar-refractivity contribution in [3.05, 3.63) is 29.8 Å². The summed E-state index contributed by atoms with van der Waals surface area (Å²) in [4.78, 5) is 0.114. The summed E-state index contributed by atoms with van der Waals surface area (Å²) in [5.41, 5.74) is 0.209. The Labute approximate surface area is 118 Å². The average Bonchev–Trinajstić information content (AvgIpc) is 2.41. The molecule has 2 unspecified atom stereocenters. The highest BCUT2D eigenvalue weighted by Crippen LogP contribution is 2.30. The molecule has 2 atom stereocenters. The van der Waals surface area contributed by atoms with E-state index in [2.05, 4.69) is 0 Å². The first-order valence-electron chi connectivity index (χ1n) is 6.11. The van der Waals surface area contributed by atoms with Gasteiger partial charge >= 0.3 is 0 Å². The quantitative estimate of drug-likeness (QED) is 0.838. The first-order valence-corrected chi connectivity index (χ1v) is 8.60. The van der Waals surface area contributed by atoms with Gasteiger partial charge in [-0.25, -0.2) is 8.42 Å². The van der Waals surface area contributed by atoms with Gasteiger partial charge in [-0.2, -0.15) is 21.3 Å². The van der Waals surface area contributed by atoms with Crippen LogP contribution in [-0.4, -0.2) is 36.3 Å².